The first-order valence-corrected chi connectivity index (χ1v) is 8.38. The molecule has 114 valence electrons. The van der Waals surface area contributed by atoms with Crippen LogP contribution in [0.25, 0.3) is 12.2 Å². The maximum absolute atomic E-state index is 6.09. The largest absolute Gasteiger partial charge is 0.505 e. The predicted octanol–water partition coefficient (Wildman–Crippen LogP) is 4.22. The Bertz CT molecular complexity index is 657. The first-order valence-electron chi connectivity index (χ1n) is 7.56. The molecule has 22 heavy (non-hydrogen) atoms. The van der Waals surface area contributed by atoms with E-state index in [1.807, 2.05) is 18.2 Å². The Morgan fingerprint density at radius 3 is 2.14 bits per heavy atom. The van der Waals surface area contributed by atoms with E-state index in [0.29, 0.717) is 0 Å². The lowest BCUT2D eigenvalue weighted by Crippen LogP contribution is -2.41. The second-order valence-electron chi connectivity index (χ2n) is 6.57. The average molecular weight is 312 g/mol. The summed E-state index contributed by atoms with van der Waals surface area (Å²) in [5.74, 6) is 0. The van der Waals surface area contributed by atoms with Gasteiger partial charge in [0.15, 0.2) is 0 Å². The van der Waals surface area contributed by atoms with Crippen molar-refractivity contribution in [1.29, 1.82) is 0 Å². The molecule has 0 atom stereocenters. The van der Waals surface area contributed by atoms with Gasteiger partial charge in [-0.15, -0.1) is 11.3 Å². The maximum atomic E-state index is 6.09. The third-order valence-electron chi connectivity index (χ3n) is 4.37. The van der Waals surface area contributed by atoms with E-state index >= 15 is 0 Å². The van der Waals surface area contributed by atoms with Crippen molar-refractivity contribution in [2.75, 3.05) is 0 Å². The first-order chi connectivity index (χ1) is 10.4. The Labute approximate surface area is 136 Å². The molecule has 0 N–H and O–H groups in total. The summed E-state index contributed by atoms with van der Waals surface area (Å²) < 4.78 is 13.3. The minimum atomic E-state index is -0.290. The fourth-order valence-electron chi connectivity index (χ4n) is 2.29. The van der Waals surface area contributed by atoms with E-state index in [9.17, 15) is 0 Å². The van der Waals surface area contributed by atoms with Crippen LogP contribution in [-0.4, -0.2) is 18.3 Å². The van der Waals surface area contributed by atoms with Crippen molar-refractivity contribution in [3.8, 4) is 0 Å². The molecular weight excluding hydrogens is 291 g/mol. The fraction of sp³-hybridized carbons (Fsp3) is 0.333. The van der Waals surface area contributed by atoms with Crippen molar-refractivity contribution in [2.24, 2.45) is 0 Å². The van der Waals surface area contributed by atoms with E-state index < -0.39 is 0 Å². The van der Waals surface area contributed by atoms with Crippen LogP contribution in [0.2, 0.25) is 0 Å². The van der Waals surface area contributed by atoms with Crippen molar-refractivity contribution >= 4 is 35.4 Å². The Morgan fingerprint density at radius 2 is 1.50 bits per heavy atom. The lowest BCUT2D eigenvalue weighted by Gasteiger charge is -2.32. The third kappa shape index (κ3) is 3.05. The van der Waals surface area contributed by atoms with Crippen LogP contribution < -0.4 is 4.78 Å². The minimum absolute atomic E-state index is 0.270. The van der Waals surface area contributed by atoms with Gasteiger partial charge in [0, 0.05) is 9.65 Å². The monoisotopic (exact) mass is 312 g/mol. The van der Waals surface area contributed by atoms with E-state index in [1.54, 1.807) is 11.3 Å². The molecule has 4 heteroatoms. The molecule has 0 unspecified atom stereocenters. The second kappa shape index (κ2) is 5.69. The fourth-order valence-corrected chi connectivity index (χ4v) is 3.16. The standard InChI is InChI=1S/C18H21BO2S/c1-17(2)18(3,4)21-19(20-17)16-13-12-15(22-16)11-10-14-8-6-5-7-9-14/h5-13H,1-4H3/b11-10+. The number of benzene rings is 1. The zero-order valence-electron chi connectivity index (χ0n) is 13.5. The minimum Gasteiger partial charge on any atom is -0.399 e. The maximum Gasteiger partial charge on any atom is 0.505 e. The Kier molecular flexibility index (Phi) is 4.02. The van der Waals surface area contributed by atoms with Crippen molar-refractivity contribution in [2.45, 2.75) is 38.9 Å². The summed E-state index contributed by atoms with van der Waals surface area (Å²) in [4.78, 5) is 1.20. The van der Waals surface area contributed by atoms with Gasteiger partial charge in [0.05, 0.1) is 11.2 Å². The van der Waals surface area contributed by atoms with E-state index in [-0.39, 0.29) is 18.3 Å². The molecule has 0 bridgehead atoms. The quantitative estimate of drug-likeness (QED) is 0.790. The van der Waals surface area contributed by atoms with E-state index in [4.69, 9.17) is 9.31 Å². The average Bonchev–Trinajstić information content (AvgIpc) is 3.01. The van der Waals surface area contributed by atoms with Crippen molar-refractivity contribution < 1.29 is 9.31 Å². The molecule has 0 amide bonds. The van der Waals surface area contributed by atoms with Gasteiger partial charge in [0.1, 0.15) is 0 Å². The Balaban J connectivity index is 1.74. The summed E-state index contributed by atoms with van der Waals surface area (Å²) in [5.41, 5.74) is 0.622. The van der Waals surface area contributed by atoms with Crippen LogP contribution in [0.3, 0.4) is 0 Å². The van der Waals surface area contributed by atoms with Gasteiger partial charge in [-0.3, -0.25) is 0 Å². The molecule has 2 nitrogen and oxygen atoms in total. The van der Waals surface area contributed by atoms with Crippen molar-refractivity contribution in [1.82, 2.24) is 0 Å². The van der Waals surface area contributed by atoms with Gasteiger partial charge < -0.3 is 9.31 Å². The Hall–Kier alpha value is -1.36. The van der Waals surface area contributed by atoms with Crippen molar-refractivity contribution in [3.63, 3.8) is 0 Å². The summed E-state index contributed by atoms with van der Waals surface area (Å²) in [6.07, 6.45) is 4.26. The molecule has 2 aromatic rings. The molecule has 0 saturated carbocycles. The van der Waals surface area contributed by atoms with Crippen LogP contribution in [0.5, 0.6) is 0 Å². The van der Waals surface area contributed by atoms with Crippen molar-refractivity contribution in [3.05, 3.63) is 52.9 Å². The molecule has 1 fully saturated rings. The van der Waals surface area contributed by atoms with E-state index in [2.05, 4.69) is 64.1 Å². The molecular formula is C18H21BO2S. The SMILES string of the molecule is CC1(C)OB(c2ccc(/C=C/c3ccccc3)s2)OC1(C)C. The highest BCUT2D eigenvalue weighted by molar-refractivity contribution is 7.23. The predicted molar refractivity (Wildman–Crippen MR) is 95.4 cm³/mol. The van der Waals surface area contributed by atoms with Gasteiger partial charge in [-0.05, 0) is 45.4 Å². The van der Waals surface area contributed by atoms with Crippen LogP contribution >= 0.6 is 11.3 Å². The van der Waals surface area contributed by atoms with Gasteiger partial charge >= 0.3 is 7.12 Å². The second-order valence-corrected chi connectivity index (χ2v) is 7.72. The lowest BCUT2D eigenvalue weighted by molar-refractivity contribution is 0.00578. The third-order valence-corrected chi connectivity index (χ3v) is 5.44. The molecule has 0 radical (unpaired) electrons. The highest BCUT2D eigenvalue weighted by Gasteiger charge is 2.52. The lowest BCUT2D eigenvalue weighted by atomic mass is 9.88. The summed E-state index contributed by atoms with van der Waals surface area (Å²) in [7, 11) is -0.270. The van der Waals surface area contributed by atoms with Gasteiger partial charge in [0.25, 0.3) is 0 Å². The number of thiophene rings is 1. The number of hydrogen-bond donors (Lipinski definition) is 0. The van der Waals surface area contributed by atoms with Gasteiger partial charge in [-0.2, -0.15) is 0 Å². The molecule has 1 aromatic carbocycles. The van der Waals surface area contributed by atoms with Gasteiger partial charge in [0.2, 0.25) is 0 Å². The molecule has 3 rings (SSSR count). The summed E-state index contributed by atoms with van der Waals surface area (Å²) in [5, 5.41) is 0. The number of rotatable bonds is 3. The molecule has 0 aliphatic carbocycles. The summed E-state index contributed by atoms with van der Waals surface area (Å²) in [6, 6.07) is 14.5. The highest BCUT2D eigenvalue weighted by atomic mass is 32.1. The van der Waals surface area contributed by atoms with Crippen LogP contribution in [0.4, 0.5) is 0 Å². The number of hydrogen-bond acceptors (Lipinski definition) is 3. The van der Waals surface area contributed by atoms with Crippen LogP contribution in [0.1, 0.15) is 38.1 Å². The highest BCUT2D eigenvalue weighted by Crippen LogP contribution is 2.37. The molecule has 1 aromatic heterocycles. The van der Waals surface area contributed by atoms with E-state index in [1.165, 1.54) is 10.4 Å². The first kappa shape index (κ1) is 15.5. The topological polar surface area (TPSA) is 18.5 Å². The molecule has 1 aliphatic rings. The zero-order chi connectivity index (χ0) is 15.8. The molecule has 2 heterocycles. The molecule has 1 saturated heterocycles. The Morgan fingerprint density at radius 1 is 0.864 bits per heavy atom. The summed E-state index contributed by atoms with van der Waals surface area (Å²) in [6.45, 7) is 8.32. The zero-order valence-corrected chi connectivity index (χ0v) is 14.3. The van der Waals surface area contributed by atoms with Crippen LogP contribution in [-0.2, 0) is 9.31 Å². The molecule has 1 aliphatic heterocycles. The normalized spacial score (nSPS) is 19.9. The smallest absolute Gasteiger partial charge is 0.399 e. The van der Waals surface area contributed by atoms with Crippen LogP contribution in [0, 0.1) is 0 Å². The van der Waals surface area contributed by atoms with Gasteiger partial charge in [-0.1, -0.05) is 42.5 Å². The van der Waals surface area contributed by atoms with Gasteiger partial charge in [-0.25, -0.2) is 0 Å². The molecule has 0 spiro atoms. The summed E-state index contributed by atoms with van der Waals surface area (Å²) >= 11 is 1.71. The van der Waals surface area contributed by atoms with Crippen LogP contribution in [0.15, 0.2) is 42.5 Å². The van der Waals surface area contributed by atoms with E-state index in [0.717, 1.165) is 4.78 Å².